The van der Waals surface area contributed by atoms with Crippen LogP contribution >= 0.6 is 11.8 Å². The minimum Gasteiger partial charge on any atom is -0.460 e. The fourth-order valence-corrected chi connectivity index (χ4v) is 1.84. The van der Waals surface area contributed by atoms with Gasteiger partial charge in [0.2, 0.25) is 6.36 Å². The molecule has 0 aliphatic heterocycles. The Balaban J connectivity index is 0.00000121. The van der Waals surface area contributed by atoms with Gasteiger partial charge in [-0.15, -0.1) is 11.8 Å². The Morgan fingerprint density at radius 2 is 1.76 bits per heavy atom. The Hall–Kier alpha value is -0.700. The molecule has 0 aromatic heterocycles. The molecule has 1 aromatic carbocycles. The summed E-state index contributed by atoms with van der Waals surface area (Å²) < 4.78 is 17.9. The molecule has 1 rings (SSSR count). The van der Waals surface area contributed by atoms with Crippen molar-refractivity contribution in [2.24, 2.45) is 0 Å². The highest BCUT2D eigenvalue weighted by Gasteiger charge is 2.11. The van der Waals surface area contributed by atoms with Crippen molar-refractivity contribution in [3.05, 3.63) is 23.8 Å². The van der Waals surface area contributed by atoms with Crippen LogP contribution in [-0.4, -0.2) is 12.6 Å². The molecule has 98 valence electrons. The van der Waals surface area contributed by atoms with Gasteiger partial charge in [0.25, 0.3) is 0 Å². The largest absolute Gasteiger partial charge is 0.460 e. The number of ether oxygens (including phenoxy) is 1. The van der Waals surface area contributed by atoms with Crippen LogP contribution in [0.1, 0.15) is 46.1 Å². The highest BCUT2D eigenvalue weighted by atomic mass is 32.2. The fraction of sp³-hybridized carbons (Fsp3) is 0.571. The first-order valence-corrected chi connectivity index (χ1v) is 7.25. The second kappa shape index (κ2) is 8.40. The average molecular weight is 258 g/mol. The van der Waals surface area contributed by atoms with Gasteiger partial charge in [-0.1, -0.05) is 27.7 Å². The van der Waals surface area contributed by atoms with Crippen LogP contribution in [-0.2, 0) is 0 Å². The van der Waals surface area contributed by atoms with Gasteiger partial charge in [-0.25, -0.2) is 4.39 Å². The normalized spacial score (nSPS) is 11.8. The van der Waals surface area contributed by atoms with Crippen molar-refractivity contribution in [2.75, 3.05) is 6.26 Å². The molecule has 0 N–H and O–H groups in total. The molecule has 1 aromatic rings. The zero-order chi connectivity index (χ0) is 13.4. The van der Waals surface area contributed by atoms with E-state index in [1.165, 1.54) is 11.8 Å². The van der Waals surface area contributed by atoms with Crippen molar-refractivity contribution < 1.29 is 9.13 Å². The van der Waals surface area contributed by atoms with Crippen LogP contribution in [0.25, 0.3) is 0 Å². The summed E-state index contributed by atoms with van der Waals surface area (Å²) in [4.78, 5) is 1.18. The van der Waals surface area contributed by atoms with Gasteiger partial charge in [-0.2, -0.15) is 0 Å². The lowest BCUT2D eigenvalue weighted by atomic mass is 10.0. The first-order valence-electron chi connectivity index (χ1n) is 6.03. The molecule has 1 nitrogen and oxygen atoms in total. The topological polar surface area (TPSA) is 9.23 Å². The molecule has 0 amide bonds. The third-order valence-corrected chi connectivity index (χ3v) is 2.85. The van der Waals surface area contributed by atoms with Gasteiger partial charge in [-0.05, 0) is 35.9 Å². The van der Waals surface area contributed by atoms with Crippen molar-refractivity contribution >= 4 is 11.8 Å². The summed E-state index contributed by atoms with van der Waals surface area (Å²) in [6, 6.07) is 5.86. The second-order valence-electron chi connectivity index (χ2n) is 3.72. The summed E-state index contributed by atoms with van der Waals surface area (Å²) in [6.45, 7) is 9.55. The molecule has 0 spiro atoms. The minimum atomic E-state index is -1.26. The quantitative estimate of drug-likeness (QED) is 0.682. The average Bonchev–Trinajstić information content (AvgIpc) is 2.31. The Bertz CT molecular complexity index is 324. The first-order chi connectivity index (χ1) is 8.04. The van der Waals surface area contributed by atoms with E-state index in [2.05, 4.69) is 19.9 Å². The van der Waals surface area contributed by atoms with E-state index in [9.17, 15) is 4.39 Å². The van der Waals surface area contributed by atoms with E-state index in [1.54, 1.807) is 11.8 Å². The molecule has 0 radical (unpaired) electrons. The molecule has 0 bridgehead atoms. The molecular formula is C14H23FOS. The zero-order valence-corrected chi connectivity index (χ0v) is 12.4. The monoisotopic (exact) mass is 258 g/mol. The highest BCUT2D eigenvalue weighted by molar-refractivity contribution is 7.98. The van der Waals surface area contributed by atoms with E-state index in [0.717, 1.165) is 5.56 Å². The molecule has 1 unspecified atom stereocenters. The Kier molecular flexibility index (Phi) is 8.05. The smallest absolute Gasteiger partial charge is 0.235 e. The van der Waals surface area contributed by atoms with Gasteiger partial charge in [0.15, 0.2) is 0 Å². The van der Waals surface area contributed by atoms with E-state index in [4.69, 9.17) is 4.74 Å². The van der Waals surface area contributed by atoms with Crippen LogP contribution in [0.4, 0.5) is 4.39 Å². The zero-order valence-electron chi connectivity index (χ0n) is 11.6. The molecule has 3 heteroatoms. The summed E-state index contributed by atoms with van der Waals surface area (Å²) >= 11 is 1.68. The predicted molar refractivity (Wildman–Crippen MR) is 74.9 cm³/mol. The maximum absolute atomic E-state index is 12.8. The van der Waals surface area contributed by atoms with Crippen LogP contribution in [0, 0.1) is 0 Å². The fourth-order valence-electron chi connectivity index (χ4n) is 1.39. The van der Waals surface area contributed by atoms with E-state index in [-0.39, 0.29) is 0 Å². The lowest BCUT2D eigenvalue weighted by Crippen LogP contribution is -2.06. The van der Waals surface area contributed by atoms with Crippen LogP contribution in [0.15, 0.2) is 23.1 Å². The first kappa shape index (κ1) is 16.3. The maximum Gasteiger partial charge on any atom is 0.235 e. The molecule has 0 aliphatic carbocycles. The van der Waals surface area contributed by atoms with Gasteiger partial charge < -0.3 is 4.74 Å². The summed E-state index contributed by atoms with van der Waals surface area (Å²) in [5, 5.41) is 0. The third kappa shape index (κ3) is 5.44. The highest BCUT2D eigenvalue weighted by Crippen LogP contribution is 2.31. The molecule has 0 saturated heterocycles. The summed E-state index contributed by atoms with van der Waals surface area (Å²) in [5.41, 5.74) is 1.06. The van der Waals surface area contributed by atoms with Crippen LogP contribution in [0.3, 0.4) is 0 Å². The number of halogens is 1. The van der Waals surface area contributed by atoms with E-state index in [1.807, 2.05) is 32.2 Å². The van der Waals surface area contributed by atoms with Gasteiger partial charge in [0.05, 0.1) is 0 Å². The molecule has 1 atom stereocenters. The van der Waals surface area contributed by atoms with Crippen molar-refractivity contribution in [1.82, 2.24) is 0 Å². The number of hydrogen-bond acceptors (Lipinski definition) is 2. The number of alkyl halides is 1. The van der Waals surface area contributed by atoms with E-state index >= 15 is 0 Å². The Morgan fingerprint density at radius 3 is 2.18 bits per heavy atom. The van der Waals surface area contributed by atoms with Crippen LogP contribution in [0.2, 0.25) is 0 Å². The molecule has 0 aliphatic rings. The van der Waals surface area contributed by atoms with Crippen molar-refractivity contribution in [3.63, 3.8) is 0 Å². The van der Waals surface area contributed by atoms with Gasteiger partial charge in [0, 0.05) is 11.8 Å². The van der Waals surface area contributed by atoms with Gasteiger partial charge in [0.1, 0.15) is 5.75 Å². The van der Waals surface area contributed by atoms with Crippen molar-refractivity contribution in [2.45, 2.75) is 51.8 Å². The standard InChI is InChI=1S/C12H17FOS.C2H6/c1-8(2)11-7-10(15-4)5-6-12(11)14-9(3)13;1-2/h5-9H,1-4H3;1-2H3. The molecule has 0 heterocycles. The second-order valence-corrected chi connectivity index (χ2v) is 4.60. The van der Waals surface area contributed by atoms with Gasteiger partial charge >= 0.3 is 0 Å². The van der Waals surface area contributed by atoms with Crippen LogP contribution < -0.4 is 4.74 Å². The summed E-state index contributed by atoms with van der Waals surface area (Å²) in [6.07, 6.45) is 0.764. The Morgan fingerprint density at radius 1 is 1.18 bits per heavy atom. The molecular weight excluding hydrogens is 235 g/mol. The van der Waals surface area contributed by atoms with E-state index in [0.29, 0.717) is 11.7 Å². The number of thioether (sulfide) groups is 1. The lowest BCUT2D eigenvalue weighted by Gasteiger charge is -2.15. The number of hydrogen-bond donors (Lipinski definition) is 0. The van der Waals surface area contributed by atoms with Crippen molar-refractivity contribution in [1.29, 1.82) is 0 Å². The van der Waals surface area contributed by atoms with Gasteiger partial charge in [-0.3, -0.25) is 0 Å². The number of rotatable bonds is 4. The molecule has 0 fully saturated rings. The molecule has 0 saturated carbocycles. The van der Waals surface area contributed by atoms with Crippen molar-refractivity contribution in [3.8, 4) is 5.75 Å². The third-order valence-electron chi connectivity index (χ3n) is 2.13. The number of benzene rings is 1. The molecule has 17 heavy (non-hydrogen) atoms. The summed E-state index contributed by atoms with van der Waals surface area (Å²) in [7, 11) is 0. The minimum absolute atomic E-state index is 0.339. The summed E-state index contributed by atoms with van der Waals surface area (Å²) in [5.74, 6) is 0.989. The maximum atomic E-state index is 12.8. The van der Waals surface area contributed by atoms with E-state index < -0.39 is 6.36 Å². The lowest BCUT2D eigenvalue weighted by molar-refractivity contribution is 0.0846. The predicted octanol–water partition coefficient (Wildman–Crippen LogP) is 5.25. The SMILES string of the molecule is CC.CSc1ccc(OC(C)F)c(C(C)C)c1. The van der Waals surface area contributed by atoms with Crippen LogP contribution in [0.5, 0.6) is 5.75 Å². The Labute approximate surface area is 109 Å².